The maximum atomic E-state index is 13.5. The molecule has 204 valence electrons. The minimum Gasteiger partial charge on any atom is -0.489 e. The number of ether oxygens (including phenoxy) is 2. The molecular weight excluding hydrogens is 511 g/mol. The molecule has 0 amide bonds. The second kappa shape index (κ2) is 12.1. The molecule has 0 unspecified atom stereocenters. The van der Waals surface area contributed by atoms with Crippen LogP contribution in [-0.2, 0) is 13.2 Å². The molecule has 0 aromatic heterocycles. The van der Waals surface area contributed by atoms with E-state index < -0.39 is 0 Å². The van der Waals surface area contributed by atoms with Crippen LogP contribution in [0.2, 0.25) is 0 Å². The summed E-state index contributed by atoms with van der Waals surface area (Å²) in [7, 11) is 0. The molecule has 0 fully saturated rings. The van der Waals surface area contributed by atoms with Crippen molar-refractivity contribution in [3.8, 4) is 11.5 Å². The highest BCUT2D eigenvalue weighted by atomic mass is 19.1. The van der Waals surface area contributed by atoms with Gasteiger partial charge < -0.3 is 9.47 Å². The van der Waals surface area contributed by atoms with Gasteiger partial charge in [0, 0.05) is 18.1 Å². The van der Waals surface area contributed by atoms with Crippen molar-refractivity contribution in [3.05, 3.63) is 161 Å². The van der Waals surface area contributed by atoms with Gasteiger partial charge in [0.2, 0.25) is 0 Å². The first-order chi connectivity index (χ1) is 20.1. The molecule has 5 heteroatoms. The largest absolute Gasteiger partial charge is 0.489 e. The number of aryl methyl sites for hydroxylation is 1. The fourth-order valence-corrected chi connectivity index (χ4v) is 4.97. The fourth-order valence-electron chi connectivity index (χ4n) is 4.97. The molecule has 4 nitrogen and oxygen atoms in total. The Hall–Kier alpha value is -4.90. The van der Waals surface area contributed by atoms with Crippen LogP contribution < -0.4 is 14.5 Å². The molecule has 41 heavy (non-hydrogen) atoms. The average Bonchev–Trinajstić information content (AvgIpc) is 3.46. The summed E-state index contributed by atoms with van der Waals surface area (Å²) in [6.45, 7) is 2.85. The summed E-state index contributed by atoms with van der Waals surface area (Å²) >= 11 is 0. The maximum Gasteiger partial charge on any atom is 0.132 e. The maximum absolute atomic E-state index is 13.5. The first kappa shape index (κ1) is 26.3. The summed E-state index contributed by atoms with van der Waals surface area (Å²) < 4.78 is 26.0. The molecule has 5 aromatic carbocycles. The lowest BCUT2D eigenvalue weighted by molar-refractivity contribution is 0.289. The molecule has 0 N–H and O–H groups in total. The van der Waals surface area contributed by atoms with Crippen molar-refractivity contribution >= 4 is 11.4 Å². The standard InChI is InChI=1S/C36H31FN2O2/c1-26-12-16-29(17-13-26)35-23-34(38-39(35)31-10-6-3-7-11-31)33-21-20-32(40-24-27-8-4-2-5-9-27)22-36(33)41-25-28-14-18-30(37)19-15-28/h2-22,35H,23-25H2,1H3/t35-/m0/s1. The van der Waals surface area contributed by atoms with Gasteiger partial charge in [0.15, 0.2) is 0 Å². The molecule has 6 rings (SSSR count). The number of rotatable bonds is 9. The van der Waals surface area contributed by atoms with Crippen LogP contribution in [0.1, 0.15) is 40.3 Å². The Balaban J connectivity index is 1.33. The SMILES string of the molecule is Cc1ccc([C@@H]2CC(c3ccc(OCc4ccccc4)cc3OCc3ccc(F)cc3)=NN2c2ccccc2)cc1. The molecule has 0 aliphatic carbocycles. The smallest absolute Gasteiger partial charge is 0.132 e. The van der Waals surface area contributed by atoms with E-state index in [1.54, 1.807) is 12.1 Å². The highest BCUT2D eigenvalue weighted by Crippen LogP contribution is 2.39. The van der Waals surface area contributed by atoms with Gasteiger partial charge >= 0.3 is 0 Å². The minimum absolute atomic E-state index is 0.0481. The molecule has 1 heterocycles. The fraction of sp³-hybridized carbons (Fsp3) is 0.139. The van der Waals surface area contributed by atoms with E-state index in [-0.39, 0.29) is 11.9 Å². The first-order valence-electron chi connectivity index (χ1n) is 13.8. The van der Waals surface area contributed by atoms with Gasteiger partial charge in [-0.15, -0.1) is 0 Å². The third kappa shape index (κ3) is 6.30. The second-order valence-electron chi connectivity index (χ2n) is 10.2. The summed E-state index contributed by atoms with van der Waals surface area (Å²) in [5.74, 6) is 1.12. The predicted octanol–water partition coefficient (Wildman–Crippen LogP) is 8.65. The van der Waals surface area contributed by atoms with Crippen LogP contribution in [0.25, 0.3) is 0 Å². The van der Waals surface area contributed by atoms with Crippen LogP contribution in [0.3, 0.4) is 0 Å². The van der Waals surface area contributed by atoms with Gasteiger partial charge in [-0.2, -0.15) is 5.10 Å². The van der Waals surface area contributed by atoms with Gasteiger partial charge in [-0.25, -0.2) is 4.39 Å². The van der Waals surface area contributed by atoms with Crippen LogP contribution in [0.15, 0.2) is 132 Å². The lowest BCUT2D eigenvalue weighted by atomic mass is 9.97. The molecule has 0 radical (unpaired) electrons. The molecule has 0 spiro atoms. The molecular formula is C36H31FN2O2. The van der Waals surface area contributed by atoms with Gasteiger partial charge in [0.05, 0.1) is 17.4 Å². The van der Waals surface area contributed by atoms with Crippen molar-refractivity contribution in [1.82, 2.24) is 0 Å². The Kier molecular flexibility index (Phi) is 7.76. The summed E-state index contributed by atoms with van der Waals surface area (Å²) in [5, 5.41) is 7.24. The van der Waals surface area contributed by atoms with Crippen LogP contribution in [0.4, 0.5) is 10.1 Å². The molecule has 5 aromatic rings. The third-order valence-electron chi connectivity index (χ3n) is 7.21. The molecule has 0 saturated carbocycles. The molecule has 1 aliphatic heterocycles. The number of benzene rings is 5. The summed E-state index contributed by atoms with van der Waals surface area (Å²) in [5.41, 5.74) is 7.27. The molecule has 0 bridgehead atoms. The van der Waals surface area contributed by atoms with E-state index in [2.05, 4.69) is 48.3 Å². The van der Waals surface area contributed by atoms with Gasteiger partial charge in [-0.3, -0.25) is 5.01 Å². The quantitative estimate of drug-likeness (QED) is 0.187. The first-order valence-corrected chi connectivity index (χ1v) is 13.8. The van der Waals surface area contributed by atoms with E-state index >= 15 is 0 Å². The lowest BCUT2D eigenvalue weighted by Gasteiger charge is -2.24. The Morgan fingerprint density at radius 1 is 0.732 bits per heavy atom. The van der Waals surface area contributed by atoms with E-state index in [1.165, 1.54) is 23.3 Å². The van der Waals surface area contributed by atoms with Crippen molar-refractivity contribution in [1.29, 1.82) is 0 Å². The van der Waals surface area contributed by atoms with Crippen molar-refractivity contribution in [3.63, 3.8) is 0 Å². The summed E-state index contributed by atoms with van der Waals surface area (Å²) in [4.78, 5) is 0. The third-order valence-corrected chi connectivity index (χ3v) is 7.21. The lowest BCUT2D eigenvalue weighted by Crippen LogP contribution is -2.18. The molecule has 1 atom stereocenters. The second-order valence-corrected chi connectivity index (χ2v) is 10.2. The van der Waals surface area contributed by atoms with E-state index in [0.717, 1.165) is 34.5 Å². The average molecular weight is 543 g/mol. The van der Waals surface area contributed by atoms with Crippen molar-refractivity contribution in [2.45, 2.75) is 32.6 Å². The number of para-hydroxylation sites is 1. The zero-order chi connectivity index (χ0) is 28.0. The van der Waals surface area contributed by atoms with E-state index in [4.69, 9.17) is 14.6 Å². The number of hydrazone groups is 1. The van der Waals surface area contributed by atoms with Gasteiger partial charge in [-0.05, 0) is 60.0 Å². The van der Waals surface area contributed by atoms with E-state index in [0.29, 0.717) is 24.7 Å². The zero-order valence-electron chi connectivity index (χ0n) is 22.9. The number of halogens is 1. The number of hydrogen-bond donors (Lipinski definition) is 0. The number of hydrogen-bond acceptors (Lipinski definition) is 4. The van der Waals surface area contributed by atoms with Crippen LogP contribution in [0, 0.1) is 12.7 Å². The van der Waals surface area contributed by atoms with E-state index in [1.807, 2.05) is 66.7 Å². The van der Waals surface area contributed by atoms with Crippen LogP contribution in [-0.4, -0.2) is 5.71 Å². The highest BCUT2D eigenvalue weighted by Gasteiger charge is 2.31. The molecule has 0 saturated heterocycles. The summed E-state index contributed by atoms with van der Waals surface area (Å²) in [6.07, 6.45) is 0.717. The van der Waals surface area contributed by atoms with Gasteiger partial charge in [0.1, 0.15) is 30.5 Å². The zero-order valence-corrected chi connectivity index (χ0v) is 22.9. The van der Waals surface area contributed by atoms with Crippen molar-refractivity contribution in [2.24, 2.45) is 5.10 Å². The topological polar surface area (TPSA) is 34.1 Å². The molecule has 1 aliphatic rings. The Morgan fingerprint density at radius 3 is 2.12 bits per heavy atom. The Labute approximate surface area is 240 Å². The summed E-state index contributed by atoms with van der Waals surface area (Å²) in [6, 6.07) is 41.3. The van der Waals surface area contributed by atoms with Gasteiger partial charge in [0.25, 0.3) is 0 Å². The highest BCUT2D eigenvalue weighted by molar-refractivity contribution is 6.05. The minimum atomic E-state index is -0.269. The monoisotopic (exact) mass is 542 g/mol. The number of anilines is 1. The van der Waals surface area contributed by atoms with Crippen molar-refractivity contribution in [2.75, 3.05) is 5.01 Å². The Bertz CT molecular complexity index is 1620. The Morgan fingerprint density at radius 2 is 1.39 bits per heavy atom. The van der Waals surface area contributed by atoms with Gasteiger partial charge in [-0.1, -0.05) is 90.5 Å². The van der Waals surface area contributed by atoms with Crippen LogP contribution >= 0.6 is 0 Å². The van der Waals surface area contributed by atoms with Crippen LogP contribution in [0.5, 0.6) is 11.5 Å². The van der Waals surface area contributed by atoms with Crippen molar-refractivity contribution < 1.29 is 13.9 Å². The number of nitrogens with zero attached hydrogens (tertiary/aromatic N) is 2. The van der Waals surface area contributed by atoms with E-state index in [9.17, 15) is 4.39 Å². The normalized spacial score (nSPS) is 14.5. The predicted molar refractivity (Wildman–Crippen MR) is 162 cm³/mol.